The molecule has 0 bridgehead atoms. The fourth-order valence-electron chi connectivity index (χ4n) is 1.76. The minimum absolute atomic E-state index is 0.0798. The second kappa shape index (κ2) is 7.96. The molecule has 0 aliphatic rings. The van der Waals surface area contributed by atoms with E-state index >= 15 is 0 Å². The maximum Gasteiger partial charge on any atom is 0.224 e. The van der Waals surface area contributed by atoms with Gasteiger partial charge in [0, 0.05) is 36.1 Å². The number of carbonyl (C=O) groups is 1. The van der Waals surface area contributed by atoms with Gasteiger partial charge in [-0.25, -0.2) is 9.97 Å². The summed E-state index contributed by atoms with van der Waals surface area (Å²) in [5.41, 5.74) is 0.955. The van der Waals surface area contributed by atoms with E-state index in [2.05, 4.69) is 20.6 Å². The number of hydrogen-bond donors (Lipinski definition) is 2. The first-order chi connectivity index (χ1) is 10.7. The minimum atomic E-state index is -0.0798. The molecule has 1 aromatic carbocycles. The highest BCUT2D eigenvalue weighted by Crippen LogP contribution is 2.13. The standard InChI is InChI=1S/C15H14ClN5O/c16-11-3-5-12(6-4-11)21-14(22)2-1-7-19-15-13(10-17)18-8-9-20-15/h3-6,8-9H,1-2,7H2,(H,19,20)(H,21,22). The van der Waals surface area contributed by atoms with E-state index in [9.17, 15) is 4.79 Å². The van der Waals surface area contributed by atoms with E-state index in [-0.39, 0.29) is 11.6 Å². The Labute approximate surface area is 133 Å². The zero-order valence-corrected chi connectivity index (χ0v) is 12.5. The molecular formula is C15H14ClN5O. The normalized spacial score (nSPS) is 9.82. The lowest BCUT2D eigenvalue weighted by atomic mass is 10.2. The van der Waals surface area contributed by atoms with E-state index in [0.29, 0.717) is 35.9 Å². The van der Waals surface area contributed by atoms with E-state index in [1.54, 1.807) is 24.3 Å². The Morgan fingerprint density at radius 3 is 2.68 bits per heavy atom. The smallest absolute Gasteiger partial charge is 0.224 e. The number of carbonyl (C=O) groups excluding carboxylic acids is 1. The van der Waals surface area contributed by atoms with Gasteiger partial charge in [-0.3, -0.25) is 4.79 Å². The van der Waals surface area contributed by atoms with Gasteiger partial charge < -0.3 is 10.6 Å². The summed E-state index contributed by atoms with van der Waals surface area (Å²) in [5.74, 6) is 0.354. The highest BCUT2D eigenvalue weighted by atomic mass is 35.5. The van der Waals surface area contributed by atoms with Gasteiger partial charge in [0.25, 0.3) is 0 Å². The molecule has 0 aliphatic carbocycles. The van der Waals surface area contributed by atoms with Crippen LogP contribution in [0.2, 0.25) is 5.02 Å². The van der Waals surface area contributed by atoms with E-state index in [1.165, 1.54) is 12.4 Å². The second-order valence-electron chi connectivity index (χ2n) is 4.45. The van der Waals surface area contributed by atoms with Crippen molar-refractivity contribution in [2.75, 3.05) is 17.2 Å². The van der Waals surface area contributed by atoms with Crippen LogP contribution in [0.25, 0.3) is 0 Å². The molecule has 1 heterocycles. The Balaban J connectivity index is 1.73. The topological polar surface area (TPSA) is 90.7 Å². The molecule has 1 amide bonds. The summed E-state index contributed by atoms with van der Waals surface area (Å²) in [5, 5.41) is 15.3. The largest absolute Gasteiger partial charge is 0.368 e. The molecular weight excluding hydrogens is 302 g/mol. The maximum absolute atomic E-state index is 11.8. The van der Waals surface area contributed by atoms with Gasteiger partial charge in [-0.2, -0.15) is 5.26 Å². The van der Waals surface area contributed by atoms with Crippen LogP contribution in [-0.4, -0.2) is 22.4 Å². The quantitative estimate of drug-likeness (QED) is 0.800. The molecule has 112 valence electrons. The third-order valence-electron chi connectivity index (χ3n) is 2.81. The van der Waals surface area contributed by atoms with Gasteiger partial charge in [0.05, 0.1) is 0 Å². The number of nitriles is 1. The third-order valence-corrected chi connectivity index (χ3v) is 3.06. The first-order valence-corrected chi connectivity index (χ1v) is 7.07. The van der Waals surface area contributed by atoms with Crippen LogP contribution in [-0.2, 0) is 4.79 Å². The molecule has 7 heteroatoms. The summed E-state index contributed by atoms with van der Waals surface area (Å²) in [6.07, 6.45) is 3.94. The molecule has 0 atom stereocenters. The van der Waals surface area contributed by atoms with Crippen molar-refractivity contribution < 1.29 is 4.79 Å². The second-order valence-corrected chi connectivity index (χ2v) is 4.89. The molecule has 1 aromatic heterocycles. The number of hydrogen-bond acceptors (Lipinski definition) is 5. The predicted molar refractivity (Wildman–Crippen MR) is 84.6 cm³/mol. The lowest BCUT2D eigenvalue weighted by Gasteiger charge is -2.07. The Kier molecular flexibility index (Phi) is 5.69. The van der Waals surface area contributed by atoms with Crippen molar-refractivity contribution in [2.24, 2.45) is 0 Å². The van der Waals surface area contributed by atoms with Crippen molar-refractivity contribution in [3.05, 3.63) is 47.4 Å². The van der Waals surface area contributed by atoms with E-state index in [4.69, 9.17) is 16.9 Å². The van der Waals surface area contributed by atoms with Crippen molar-refractivity contribution >= 4 is 29.0 Å². The van der Waals surface area contributed by atoms with E-state index in [1.807, 2.05) is 6.07 Å². The van der Waals surface area contributed by atoms with E-state index in [0.717, 1.165) is 0 Å². The Morgan fingerprint density at radius 1 is 1.23 bits per heavy atom. The number of nitrogens with one attached hydrogen (secondary N) is 2. The molecule has 22 heavy (non-hydrogen) atoms. The molecule has 0 saturated carbocycles. The van der Waals surface area contributed by atoms with Gasteiger partial charge in [0.15, 0.2) is 11.5 Å². The first kappa shape index (κ1) is 15.7. The SMILES string of the molecule is N#Cc1nccnc1NCCCC(=O)Nc1ccc(Cl)cc1. The zero-order chi connectivity index (χ0) is 15.8. The van der Waals surface area contributed by atoms with Gasteiger partial charge in [-0.05, 0) is 30.7 Å². The average molecular weight is 316 g/mol. The average Bonchev–Trinajstić information content (AvgIpc) is 2.54. The van der Waals surface area contributed by atoms with Crippen LogP contribution in [0.1, 0.15) is 18.5 Å². The van der Waals surface area contributed by atoms with Crippen molar-refractivity contribution in [1.82, 2.24) is 9.97 Å². The van der Waals surface area contributed by atoms with Crippen LogP contribution >= 0.6 is 11.6 Å². The number of benzene rings is 1. The molecule has 2 aromatic rings. The first-order valence-electron chi connectivity index (χ1n) is 6.69. The Morgan fingerprint density at radius 2 is 1.95 bits per heavy atom. The lowest BCUT2D eigenvalue weighted by molar-refractivity contribution is -0.116. The molecule has 6 nitrogen and oxygen atoms in total. The van der Waals surface area contributed by atoms with Crippen LogP contribution in [0.15, 0.2) is 36.7 Å². The van der Waals surface area contributed by atoms with E-state index < -0.39 is 0 Å². The van der Waals surface area contributed by atoms with Crippen molar-refractivity contribution in [1.29, 1.82) is 5.26 Å². The van der Waals surface area contributed by atoms with Crippen LogP contribution < -0.4 is 10.6 Å². The van der Waals surface area contributed by atoms with Crippen molar-refractivity contribution in [3.8, 4) is 6.07 Å². The molecule has 0 aliphatic heterocycles. The highest BCUT2D eigenvalue weighted by molar-refractivity contribution is 6.30. The Hall–Kier alpha value is -2.65. The highest BCUT2D eigenvalue weighted by Gasteiger charge is 2.05. The maximum atomic E-state index is 11.8. The zero-order valence-electron chi connectivity index (χ0n) is 11.7. The van der Waals surface area contributed by atoms with Gasteiger partial charge in [-0.15, -0.1) is 0 Å². The van der Waals surface area contributed by atoms with Gasteiger partial charge in [0.1, 0.15) is 6.07 Å². The summed E-state index contributed by atoms with van der Waals surface area (Å²) >= 11 is 5.78. The molecule has 0 radical (unpaired) electrons. The summed E-state index contributed by atoms with van der Waals surface area (Å²) in [7, 11) is 0. The number of rotatable bonds is 6. The van der Waals surface area contributed by atoms with Crippen LogP contribution in [0.4, 0.5) is 11.5 Å². The number of amides is 1. The number of halogens is 1. The minimum Gasteiger partial charge on any atom is -0.368 e. The van der Waals surface area contributed by atoms with Gasteiger partial charge >= 0.3 is 0 Å². The summed E-state index contributed by atoms with van der Waals surface area (Å²) in [6, 6.07) is 8.89. The molecule has 0 fully saturated rings. The van der Waals surface area contributed by atoms with Crippen LogP contribution in [0, 0.1) is 11.3 Å². The Bertz CT molecular complexity index is 681. The summed E-state index contributed by atoms with van der Waals surface area (Å²) in [6.45, 7) is 0.529. The number of anilines is 2. The van der Waals surface area contributed by atoms with Gasteiger partial charge in [0.2, 0.25) is 5.91 Å². The monoisotopic (exact) mass is 315 g/mol. The molecule has 0 unspecified atom stereocenters. The summed E-state index contributed by atoms with van der Waals surface area (Å²) < 4.78 is 0. The van der Waals surface area contributed by atoms with Crippen LogP contribution in [0.3, 0.4) is 0 Å². The fourth-order valence-corrected chi connectivity index (χ4v) is 1.89. The third kappa shape index (κ3) is 4.72. The fraction of sp³-hybridized carbons (Fsp3) is 0.200. The number of aromatic nitrogens is 2. The molecule has 0 spiro atoms. The van der Waals surface area contributed by atoms with Crippen molar-refractivity contribution in [2.45, 2.75) is 12.8 Å². The molecule has 0 saturated heterocycles. The van der Waals surface area contributed by atoms with Crippen molar-refractivity contribution in [3.63, 3.8) is 0 Å². The summed E-state index contributed by atoms with van der Waals surface area (Å²) in [4.78, 5) is 19.7. The predicted octanol–water partition coefficient (Wildman–Crippen LogP) is 2.83. The number of nitrogens with zero attached hydrogens (tertiary/aromatic N) is 3. The molecule has 2 rings (SSSR count). The lowest BCUT2D eigenvalue weighted by Crippen LogP contribution is -2.14. The van der Waals surface area contributed by atoms with Crippen LogP contribution in [0.5, 0.6) is 0 Å². The molecule has 2 N–H and O–H groups in total. The van der Waals surface area contributed by atoms with Gasteiger partial charge in [-0.1, -0.05) is 11.6 Å².